The number of nitrogens with one attached hydrogen (secondary N) is 1. The maximum absolute atomic E-state index is 11.9. The van der Waals surface area contributed by atoms with Crippen molar-refractivity contribution in [2.24, 2.45) is 0 Å². The molecule has 0 atom stereocenters. The zero-order chi connectivity index (χ0) is 14.8. The summed E-state index contributed by atoms with van der Waals surface area (Å²) in [5.41, 5.74) is -0.0687. The maximum Gasteiger partial charge on any atom is 0.254 e. The van der Waals surface area contributed by atoms with E-state index < -0.39 is 0 Å². The van der Waals surface area contributed by atoms with Gasteiger partial charge < -0.3 is 14.6 Å². The van der Waals surface area contributed by atoms with E-state index in [9.17, 15) is 9.59 Å². The van der Waals surface area contributed by atoms with Crippen LogP contribution in [-0.4, -0.2) is 23.6 Å². The van der Waals surface area contributed by atoms with Gasteiger partial charge in [0.15, 0.2) is 0 Å². The molecule has 1 heterocycles. The first kappa shape index (κ1) is 16.3. The lowest BCUT2D eigenvalue weighted by atomic mass is 10.3. The van der Waals surface area contributed by atoms with Gasteiger partial charge >= 0.3 is 0 Å². The van der Waals surface area contributed by atoms with Crippen LogP contribution in [-0.2, 0) is 11.3 Å². The van der Waals surface area contributed by atoms with Crippen LogP contribution < -0.4 is 15.6 Å². The molecule has 20 heavy (non-hydrogen) atoms. The first-order valence-corrected chi connectivity index (χ1v) is 7.21. The van der Waals surface area contributed by atoms with E-state index >= 15 is 0 Å². The molecule has 0 fully saturated rings. The van der Waals surface area contributed by atoms with Gasteiger partial charge in [-0.25, -0.2) is 0 Å². The van der Waals surface area contributed by atoms with E-state index in [-0.39, 0.29) is 11.5 Å². The molecule has 1 rings (SSSR count). The third kappa shape index (κ3) is 6.41. The van der Waals surface area contributed by atoms with E-state index in [0.717, 1.165) is 25.7 Å². The van der Waals surface area contributed by atoms with Crippen molar-refractivity contribution in [3.63, 3.8) is 0 Å². The standard InChI is InChI=1S/C15H24N2O3/c1-3-4-5-11-20-14-7-10-17(15(19)12-14)9-6-8-16-13(2)18/h7,10,12H,3-6,8-9,11H2,1-2H3,(H,16,18). The highest BCUT2D eigenvalue weighted by Gasteiger charge is 2.00. The summed E-state index contributed by atoms with van der Waals surface area (Å²) in [6.45, 7) is 5.45. The highest BCUT2D eigenvalue weighted by Crippen LogP contribution is 2.07. The molecule has 0 aliphatic carbocycles. The van der Waals surface area contributed by atoms with Crippen LogP contribution in [0, 0.1) is 0 Å². The summed E-state index contributed by atoms with van der Waals surface area (Å²) < 4.78 is 7.16. The number of carbonyl (C=O) groups is 1. The van der Waals surface area contributed by atoms with E-state index in [4.69, 9.17) is 4.74 Å². The van der Waals surface area contributed by atoms with Crippen LogP contribution in [0.4, 0.5) is 0 Å². The molecule has 0 saturated carbocycles. The normalized spacial score (nSPS) is 10.3. The Balaban J connectivity index is 2.39. The summed E-state index contributed by atoms with van der Waals surface area (Å²) in [6.07, 6.45) is 5.78. The van der Waals surface area contributed by atoms with E-state index in [1.807, 2.05) is 6.07 Å². The first-order chi connectivity index (χ1) is 9.63. The van der Waals surface area contributed by atoms with Crippen molar-refractivity contribution in [2.45, 2.75) is 46.1 Å². The molecule has 5 heteroatoms. The summed E-state index contributed by atoms with van der Waals surface area (Å²) in [4.78, 5) is 22.6. The van der Waals surface area contributed by atoms with Crippen LogP contribution in [0.5, 0.6) is 5.75 Å². The minimum Gasteiger partial charge on any atom is -0.493 e. The van der Waals surface area contributed by atoms with Crippen LogP contribution >= 0.6 is 0 Å². The molecule has 0 bridgehead atoms. The molecule has 1 aromatic heterocycles. The van der Waals surface area contributed by atoms with E-state index in [1.54, 1.807) is 10.8 Å². The molecule has 1 aromatic rings. The van der Waals surface area contributed by atoms with Gasteiger partial charge in [-0.2, -0.15) is 0 Å². The largest absolute Gasteiger partial charge is 0.493 e. The molecule has 0 spiro atoms. The predicted molar refractivity (Wildman–Crippen MR) is 79.0 cm³/mol. The number of nitrogens with zero attached hydrogens (tertiary/aromatic N) is 1. The zero-order valence-electron chi connectivity index (χ0n) is 12.4. The molecule has 0 aromatic carbocycles. The molecule has 112 valence electrons. The summed E-state index contributed by atoms with van der Waals surface area (Å²) in [5, 5.41) is 2.71. The third-order valence-electron chi connectivity index (χ3n) is 2.93. The van der Waals surface area contributed by atoms with Gasteiger partial charge in [0, 0.05) is 32.3 Å². The molecule has 5 nitrogen and oxygen atoms in total. The second-order valence-corrected chi connectivity index (χ2v) is 4.79. The number of aromatic nitrogens is 1. The number of unbranched alkanes of at least 4 members (excludes halogenated alkanes) is 2. The lowest BCUT2D eigenvalue weighted by molar-refractivity contribution is -0.118. The Bertz CT molecular complexity index is 468. The van der Waals surface area contributed by atoms with Crippen LogP contribution in [0.15, 0.2) is 23.1 Å². The van der Waals surface area contributed by atoms with Crippen molar-refractivity contribution < 1.29 is 9.53 Å². The van der Waals surface area contributed by atoms with E-state index in [0.29, 0.717) is 25.4 Å². The smallest absolute Gasteiger partial charge is 0.254 e. The third-order valence-corrected chi connectivity index (χ3v) is 2.93. The average Bonchev–Trinajstić information content (AvgIpc) is 2.41. The predicted octanol–water partition coefficient (Wildman–Crippen LogP) is 1.94. The van der Waals surface area contributed by atoms with Gasteiger partial charge in [-0.15, -0.1) is 0 Å². The number of hydrogen-bond acceptors (Lipinski definition) is 3. The second kappa shape index (κ2) is 9.18. The van der Waals surface area contributed by atoms with E-state index in [2.05, 4.69) is 12.2 Å². The van der Waals surface area contributed by atoms with Crippen LogP contribution in [0.2, 0.25) is 0 Å². The molecule has 0 radical (unpaired) electrons. The van der Waals surface area contributed by atoms with Gasteiger partial charge in [-0.05, 0) is 18.9 Å². The lowest BCUT2D eigenvalue weighted by Crippen LogP contribution is -2.24. The number of pyridine rings is 1. The highest BCUT2D eigenvalue weighted by atomic mass is 16.5. The fourth-order valence-corrected chi connectivity index (χ4v) is 1.82. The van der Waals surface area contributed by atoms with E-state index in [1.165, 1.54) is 13.0 Å². The van der Waals surface area contributed by atoms with Crippen molar-refractivity contribution in [3.8, 4) is 5.75 Å². The molecule has 0 unspecified atom stereocenters. The molecule has 0 saturated heterocycles. The van der Waals surface area contributed by atoms with Crippen molar-refractivity contribution in [3.05, 3.63) is 28.7 Å². The van der Waals surface area contributed by atoms with Crippen LogP contribution in [0.1, 0.15) is 39.5 Å². The summed E-state index contributed by atoms with van der Waals surface area (Å²) >= 11 is 0. The molecule has 1 N–H and O–H groups in total. The van der Waals surface area contributed by atoms with Crippen molar-refractivity contribution in [2.75, 3.05) is 13.2 Å². The quantitative estimate of drug-likeness (QED) is 0.703. The fraction of sp³-hybridized carbons (Fsp3) is 0.600. The highest BCUT2D eigenvalue weighted by molar-refractivity contribution is 5.72. The Morgan fingerprint density at radius 2 is 2.15 bits per heavy atom. The van der Waals surface area contributed by atoms with Gasteiger partial charge in [0.25, 0.3) is 5.56 Å². The molecule has 0 aliphatic rings. The average molecular weight is 280 g/mol. The van der Waals surface area contributed by atoms with Crippen LogP contribution in [0.3, 0.4) is 0 Å². The Morgan fingerprint density at radius 3 is 2.80 bits per heavy atom. The minimum absolute atomic E-state index is 0.0480. The first-order valence-electron chi connectivity index (χ1n) is 7.21. The van der Waals surface area contributed by atoms with Crippen LogP contribution in [0.25, 0.3) is 0 Å². The second-order valence-electron chi connectivity index (χ2n) is 4.79. The van der Waals surface area contributed by atoms with Gasteiger partial charge in [0.05, 0.1) is 6.61 Å². The Hall–Kier alpha value is -1.78. The summed E-state index contributed by atoms with van der Waals surface area (Å²) in [5.74, 6) is 0.581. The monoisotopic (exact) mass is 280 g/mol. The number of rotatable bonds is 9. The maximum atomic E-state index is 11.9. The molecular formula is C15H24N2O3. The van der Waals surface area contributed by atoms with Gasteiger partial charge in [-0.1, -0.05) is 19.8 Å². The van der Waals surface area contributed by atoms with Gasteiger partial charge in [0.1, 0.15) is 5.75 Å². The number of amides is 1. The zero-order valence-corrected chi connectivity index (χ0v) is 12.4. The molecule has 0 aliphatic heterocycles. The Labute approximate surface area is 119 Å². The fourth-order valence-electron chi connectivity index (χ4n) is 1.82. The molecule has 1 amide bonds. The number of ether oxygens (including phenoxy) is 1. The molecular weight excluding hydrogens is 256 g/mol. The van der Waals surface area contributed by atoms with Gasteiger partial charge in [0.2, 0.25) is 5.91 Å². The number of aryl methyl sites for hydroxylation is 1. The Morgan fingerprint density at radius 1 is 1.35 bits per heavy atom. The van der Waals surface area contributed by atoms with Gasteiger partial charge in [-0.3, -0.25) is 9.59 Å². The number of carbonyl (C=O) groups excluding carboxylic acids is 1. The van der Waals surface area contributed by atoms with Crippen molar-refractivity contribution >= 4 is 5.91 Å². The SMILES string of the molecule is CCCCCOc1ccn(CCCNC(C)=O)c(=O)c1. The summed E-state index contributed by atoms with van der Waals surface area (Å²) in [6, 6.07) is 3.33. The lowest BCUT2D eigenvalue weighted by Gasteiger charge is -2.09. The van der Waals surface area contributed by atoms with Crippen molar-refractivity contribution in [1.82, 2.24) is 9.88 Å². The summed E-state index contributed by atoms with van der Waals surface area (Å²) in [7, 11) is 0. The minimum atomic E-state index is -0.0687. The topological polar surface area (TPSA) is 60.3 Å². The van der Waals surface area contributed by atoms with Crippen molar-refractivity contribution in [1.29, 1.82) is 0 Å². The number of hydrogen-bond donors (Lipinski definition) is 1. The Kier molecular flexibility index (Phi) is 7.47.